The molecule has 48 heavy (non-hydrogen) atoms. The fourth-order valence-corrected chi connectivity index (χ4v) is 5.30. The lowest BCUT2D eigenvalue weighted by molar-refractivity contribution is -0.118. The van der Waals surface area contributed by atoms with Crippen LogP contribution < -0.4 is 16.4 Å². The molecule has 1 aliphatic heterocycles. The van der Waals surface area contributed by atoms with Crippen LogP contribution in [0.25, 0.3) is 0 Å². The molecule has 2 aromatic rings. The van der Waals surface area contributed by atoms with E-state index in [4.69, 9.17) is 15.4 Å². The summed E-state index contributed by atoms with van der Waals surface area (Å²) >= 11 is 0. The van der Waals surface area contributed by atoms with Crippen molar-refractivity contribution in [2.45, 2.75) is 105 Å². The highest BCUT2D eigenvalue weighted by Crippen LogP contribution is 2.33. The Morgan fingerprint density at radius 3 is 2.46 bits per heavy atom. The summed E-state index contributed by atoms with van der Waals surface area (Å²) in [5, 5.41) is 23.0. The molecule has 0 bridgehead atoms. The van der Waals surface area contributed by atoms with Gasteiger partial charge in [0, 0.05) is 37.7 Å². The molecule has 4 N–H and O–H groups in total. The van der Waals surface area contributed by atoms with Crippen LogP contribution >= 0.6 is 0 Å². The number of allylic oxidation sites excluding steroid dienone is 4. The highest BCUT2D eigenvalue weighted by atomic mass is 16.4. The Morgan fingerprint density at radius 2 is 1.94 bits per heavy atom. The summed E-state index contributed by atoms with van der Waals surface area (Å²) in [6, 6.07) is 7.97. The first-order valence-electron chi connectivity index (χ1n) is 16.8. The third-order valence-electron chi connectivity index (χ3n) is 8.12. The van der Waals surface area contributed by atoms with Crippen molar-refractivity contribution in [1.82, 2.24) is 25.7 Å². The molecule has 3 rings (SSSR count). The van der Waals surface area contributed by atoms with Crippen LogP contribution in [0.4, 0.5) is 0 Å². The molecule has 0 saturated carbocycles. The van der Waals surface area contributed by atoms with Crippen molar-refractivity contribution in [1.29, 1.82) is 5.26 Å². The molecule has 1 aromatic heterocycles. The first kappa shape index (κ1) is 41.5. The van der Waals surface area contributed by atoms with Crippen LogP contribution in [-0.4, -0.2) is 65.5 Å². The van der Waals surface area contributed by atoms with Crippen molar-refractivity contribution >= 4 is 18.2 Å². The molecule has 11 nitrogen and oxygen atoms in total. The standard InChI is InChI=1S/C29H41N5O3.C6H8N2O.C2H6/c1-8-22(27(30)35)12-10-18(3)19(4)11-13-23-17-24(28(36)31-7)14-15-25(23)26(16-20(5)32-9-2)29-34-33-21(6)37-29;7-4-6-2-1-3-8(6)5-9;1-2/h8,10,12,14-15,17,20,26,32H,9,11,13,16H2,1-7H3,(H2,30,35)(H,31,36);5-6H,1-3H2;1-2H3/b12-10-,19-18+,22-8+;;. The third-order valence-corrected chi connectivity index (χ3v) is 8.12. The Bertz CT molecular complexity index is 1470. The Hall–Kier alpha value is -4.56. The van der Waals surface area contributed by atoms with Crippen LogP contribution in [0.1, 0.15) is 113 Å². The number of rotatable bonds is 14. The quantitative estimate of drug-likeness (QED) is 0.132. The summed E-state index contributed by atoms with van der Waals surface area (Å²) in [5.74, 6) is 0.414. The number of nitriles is 1. The van der Waals surface area contributed by atoms with E-state index in [1.807, 2.05) is 45.0 Å². The minimum Gasteiger partial charge on any atom is -0.425 e. The van der Waals surface area contributed by atoms with Crippen molar-refractivity contribution in [2.75, 3.05) is 20.1 Å². The zero-order valence-electron chi connectivity index (χ0n) is 30.2. The largest absolute Gasteiger partial charge is 0.425 e. The number of benzene rings is 1. The normalized spacial score (nSPS) is 16.0. The third kappa shape index (κ3) is 12.9. The van der Waals surface area contributed by atoms with Crippen LogP contribution in [0.2, 0.25) is 0 Å². The number of hydrogen-bond acceptors (Lipinski definition) is 8. The summed E-state index contributed by atoms with van der Waals surface area (Å²) in [6.07, 6.45) is 10.2. The summed E-state index contributed by atoms with van der Waals surface area (Å²) in [6.45, 7) is 17.5. The van der Waals surface area contributed by atoms with Crippen LogP contribution in [-0.2, 0) is 16.0 Å². The van der Waals surface area contributed by atoms with Gasteiger partial charge in [-0.05, 0) is 95.7 Å². The van der Waals surface area contributed by atoms with Gasteiger partial charge in [-0.2, -0.15) is 5.26 Å². The average Bonchev–Trinajstić information content (AvgIpc) is 3.75. The van der Waals surface area contributed by atoms with Crippen molar-refractivity contribution in [3.05, 3.63) is 81.6 Å². The fraction of sp³-hybridized carbons (Fsp3) is 0.514. The van der Waals surface area contributed by atoms with Gasteiger partial charge in [-0.15, -0.1) is 10.2 Å². The van der Waals surface area contributed by atoms with E-state index in [1.54, 1.807) is 37.9 Å². The zero-order valence-corrected chi connectivity index (χ0v) is 30.2. The molecule has 0 aliphatic carbocycles. The molecule has 3 amide bonds. The number of aryl methyl sites for hydroxylation is 2. The minimum absolute atomic E-state index is 0.109. The number of hydrogen-bond donors (Lipinski definition) is 3. The molecule has 0 spiro atoms. The lowest BCUT2D eigenvalue weighted by atomic mass is 9.85. The Balaban J connectivity index is 0.000000890. The number of likely N-dealkylation sites (tertiary alicyclic amines) is 1. The highest BCUT2D eigenvalue weighted by Gasteiger charge is 2.26. The van der Waals surface area contributed by atoms with E-state index in [-0.39, 0.29) is 23.9 Å². The molecule has 11 heteroatoms. The molecule has 2 heterocycles. The van der Waals surface area contributed by atoms with E-state index < -0.39 is 5.91 Å². The average molecular weight is 662 g/mol. The van der Waals surface area contributed by atoms with Gasteiger partial charge < -0.3 is 25.7 Å². The van der Waals surface area contributed by atoms with Gasteiger partial charge in [0.15, 0.2) is 0 Å². The van der Waals surface area contributed by atoms with Crippen molar-refractivity contribution in [3.8, 4) is 6.07 Å². The van der Waals surface area contributed by atoms with E-state index in [0.29, 0.717) is 22.9 Å². The maximum absolute atomic E-state index is 12.4. The number of carbonyl (C=O) groups is 3. The Morgan fingerprint density at radius 1 is 1.23 bits per heavy atom. The summed E-state index contributed by atoms with van der Waals surface area (Å²) in [7, 11) is 1.63. The molecule has 1 fully saturated rings. The van der Waals surface area contributed by atoms with E-state index >= 15 is 0 Å². The van der Waals surface area contributed by atoms with Crippen LogP contribution in [0.3, 0.4) is 0 Å². The molecular weight excluding hydrogens is 606 g/mol. The number of primary amides is 1. The summed E-state index contributed by atoms with van der Waals surface area (Å²) in [5.41, 5.74) is 10.9. The van der Waals surface area contributed by atoms with Gasteiger partial charge in [-0.1, -0.05) is 50.1 Å². The van der Waals surface area contributed by atoms with Gasteiger partial charge >= 0.3 is 0 Å². The second kappa shape index (κ2) is 22.1. The van der Waals surface area contributed by atoms with Gasteiger partial charge in [0.2, 0.25) is 24.1 Å². The Kier molecular flexibility index (Phi) is 19.1. The second-order valence-corrected chi connectivity index (χ2v) is 11.4. The van der Waals surface area contributed by atoms with E-state index in [0.717, 1.165) is 68.3 Å². The fourth-order valence-electron chi connectivity index (χ4n) is 5.30. The maximum atomic E-state index is 12.4. The topological polar surface area (TPSA) is 167 Å². The molecule has 0 radical (unpaired) electrons. The summed E-state index contributed by atoms with van der Waals surface area (Å²) < 4.78 is 5.89. The minimum atomic E-state index is -0.450. The van der Waals surface area contributed by atoms with Crippen molar-refractivity contribution < 1.29 is 18.8 Å². The number of aromatic nitrogens is 2. The number of nitrogens with one attached hydrogen (secondary N) is 2. The molecule has 3 unspecified atom stereocenters. The number of amides is 3. The lowest BCUT2D eigenvalue weighted by Gasteiger charge is -2.22. The maximum Gasteiger partial charge on any atom is 0.251 e. The molecule has 1 aliphatic rings. The predicted octanol–water partition coefficient (Wildman–Crippen LogP) is 5.67. The molecule has 1 saturated heterocycles. The molecule has 262 valence electrons. The smallest absolute Gasteiger partial charge is 0.251 e. The summed E-state index contributed by atoms with van der Waals surface area (Å²) in [4.78, 5) is 35.6. The lowest BCUT2D eigenvalue weighted by Crippen LogP contribution is -2.28. The molecular formula is C37H55N7O4. The van der Waals surface area contributed by atoms with E-state index in [9.17, 15) is 14.4 Å². The Labute approximate surface area is 286 Å². The predicted molar refractivity (Wildman–Crippen MR) is 190 cm³/mol. The molecule has 3 atom stereocenters. The van der Waals surface area contributed by atoms with E-state index in [2.05, 4.69) is 47.7 Å². The zero-order chi connectivity index (χ0) is 36.2. The second-order valence-electron chi connectivity index (χ2n) is 11.4. The SMILES string of the molecule is CC.C\C=C(/C=C\C(C)=C(/C)CCc1cc(C(=O)NC)ccc1C(CC(C)NCC)c1nnc(C)o1)C(N)=O.N#CC1CCCN1C=O. The number of nitrogens with zero attached hydrogens (tertiary/aromatic N) is 4. The van der Waals surface area contributed by atoms with Crippen LogP contribution in [0.15, 0.2) is 57.6 Å². The van der Waals surface area contributed by atoms with Crippen LogP contribution in [0.5, 0.6) is 0 Å². The number of carbonyl (C=O) groups excluding carboxylic acids is 3. The van der Waals surface area contributed by atoms with Gasteiger partial charge in [0.25, 0.3) is 5.91 Å². The van der Waals surface area contributed by atoms with Crippen LogP contribution in [0, 0.1) is 18.3 Å². The monoisotopic (exact) mass is 661 g/mol. The van der Waals surface area contributed by atoms with E-state index in [1.165, 1.54) is 5.57 Å². The van der Waals surface area contributed by atoms with Gasteiger partial charge in [0.1, 0.15) is 6.04 Å². The van der Waals surface area contributed by atoms with Gasteiger partial charge in [-0.3, -0.25) is 14.4 Å². The highest BCUT2D eigenvalue weighted by molar-refractivity contribution is 5.95. The van der Waals surface area contributed by atoms with Crippen molar-refractivity contribution in [3.63, 3.8) is 0 Å². The first-order chi connectivity index (χ1) is 23.0. The van der Waals surface area contributed by atoms with Crippen molar-refractivity contribution in [2.24, 2.45) is 5.73 Å². The van der Waals surface area contributed by atoms with Gasteiger partial charge in [0.05, 0.1) is 12.0 Å². The molecule has 1 aromatic carbocycles. The first-order valence-corrected chi connectivity index (χ1v) is 16.8. The van der Waals surface area contributed by atoms with Gasteiger partial charge in [-0.25, -0.2) is 0 Å². The number of nitrogens with two attached hydrogens (primary N) is 1.